The van der Waals surface area contributed by atoms with E-state index in [1.807, 2.05) is 24.7 Å². The fraction of sp³-hybridized carbons (Fsp3) is 0.636. The van der Waals surface area contributed by atoms with Gasteiger partial charge in [0.1, 0.15) is 11.6 Å². The Morgan fingerprint density at radius 3 is 1.24 bits per heavy atom. The van der Waals surface area contributed by atoms with Crippen molar-refractivity contribution in [3.63, 3.8) is 0 Å². The third-order valence-electron chi connectivity index (χ3n) is 12.9. The van der Waals surface area contributed by atoms with Crippen LogP contribution in [0.4, 0.5) is 8.78 Å². The van der Waals surface area contributed by atoms with Crippen LogP contribution in [0.1, 0.15) is 137 Å². The zero-order valence-corrected chi connectivity index (χ0v) is 30.2. The number of hydrogen-bond donors (Lipinski definition) is 0. The van der Waals surface area contributed by atoms with Crippen molar-refractivity contribution < 1.29 is 23.0 Å². The molecular weight excluding hydrogens is 614 g/mol. The second-order valence-corrected chi connectivity index (χ2v) is 15.7. The highest BCUT2D eigenvalue weighted by Gasteiger charge is 2.32. The van der Waals surface area contributed by atoms with Crippen LogP contribution in [-0.2, 0) is 27.1 Å². The Kier molecular flexibility index (Phi) is 13.3. The van der Waals surface area contributed by atoms with Gasteiger partial charge < -0.3 is 14.2 Å². The van der Waals surface area contributed by atoms with E-state index in [9.17, 15) is 0 Å². The van der Waals surface area contributed by atoms with Gasteiger partial charge in [0.2, 0.25) is 0 Å². The van der Waals surface area contributed by atoms with Gasteiger partial charge in [0.25, 0.3) is 0 Å². The molecule has 49 heavy (non-hydrogen) atoms. The van der Waals surface area contributed by atoms with Gasteiger partial charge in [-0.2, -0.15) is 0 Å². The average molecular weight is 675 g/mol. The highest BCUT2D eigenvalue weighted by Crippen LogP contribution is 2.45. The van der Waals surface area contributed by atoms with Crippen LogP contribution in [0.15, 0.2) is 60.1 Å². The molecule has 0 amide bonds. The lowest BCUT2D eigenvalue weighted by Gasteiger charge is -2.36. The van der Waals surface area contributed by atoms with Crippen molar-refractivity contribution in [2.75, 3.05) is 27.4 Å². The van der Waals surface area contributed by atoms with Crippen molar-refractivity contribution in [3.8, 4) is 0 Å². The Hall–Kier alpha value is -2.66. The third-order valence-corrected chi connectivity index (χ3v) is 12.9. The van der Waals surface area contributed by atoms with Gasteiger partial charge in [0.05, 0.1) is 40.0 Å². The fourth-order valence-corrected chi connectivity index (χ4v) is 9.89. The molecule has 0 heterocycles. The van der Waals surface area contributed by atoms with Crippen molar-refractivity contribution in [3.05, 3.63) is 94.0 Å². The maximum Gasteiger partial charge on any atom is 0.126 e. The van der Waals surface area contributed by atoms with Crippen molar-refractivity contribution >= 4 is 0 Å². The molecule has 0 unspecified atom stereocenters. The first-order valence-corrected chi connectivity index (χ1v) is 19.6. The van der Waals surface area contributed by atoms with Crippen molar-refractivity contribution in [2.45, 2.75) is 127 Å². The van der Waals surface area contributed by atoms with Crippen LogP contribution in [0.25, 0.3) is 0 Å². The van der Waals surface area contributed by atoms with Gasteiger partial charge in [0, 0.05) is 0 Å². The third kappa shape index (κ3) is 9.78. The monoisotopic (exact) mass is 674 g/mol. The Morgan fingerprint density at radius 2 is 0.898 bits per heavy atom. The summed E-state index contributed by atoms with van der Waals surface area (Å²) in [7, 11) is 3.49. The second-order valence-electron chi connectivity index (χ2n) is 15.7. The summed E-state index contributed by atoms with van der Waals surface area (Å²) in [4.78, 5) is 0. The molecule has 4 saturated carbocycles. The van der Waals surface area contributed by atoms with E-state index >= 15 is 8.78 Å². The standard InChI is InChI=1S/C44H60F2O3/c1-47-29-31-3-7-33(8-4-31)35-11-15-37(16-12-35)41-21-19-39(43(45)27-41)23-25-49-26-24-40-20-22-42(28-44(40)46)38-17-13-36(14-18-38)34-9-5-32(6-10-34)30-48-2/h19-22,27-30,33-38H,3-18,23-26H2,1-2H3. The largest absolute Gasteiger partial charge is 0.504 e. The minimum atomic E-state index is -0.115. The SMILES string of the molecule is COC=C1CCC(C2CCC(c3ccc(CCOCCc4ccc(C5CCC(C6CCC(=COC)CC6)CC5)cc4F)c(F)c3)CC2)CC1. The summed E-state index contributed by atoms with van der Waals surface area (Å²) in [5.74, 6) is 4.01. The Balaban J connectivity index is 0.878. The van der Waals surface area contributed by atoms with Gasteiger partial charge >= 0.3 is 0 Å². The van der Waals surface area contributed by atoms with E-state index in [-0.39, 0.29) is 11.6 Å². The van der Waals surface area contributed by atoms with Gasteiger partial charge in [-0.05, 0) is 197 Å². The molecule has 268 valence electrons. The van der Waals surface area contributed by atoms with E-state index in [1.165, 1.54) is 88.2 Å². The molecule has 0 radical (unpaired) electrons. The lowest BCUT2D eigenvalue weighted by Crippen LogP contribution is -2.23. The molecule has 4 aliphatic rings. The summed E-state index contributed by atoms with van der Waals surface area (Å²) in [5.41, 5.74) is 6.64. The number of methoxy groups -OCH3 is 2. The Bertz CT molecular complexity index is 1270. The van der Waals surface area contributed by atoms with E-state index in [1.54, 1.807) is 26.4 Å². The maximum absolute atomic E-state index is 15.1. The van der Waals surface area contributed by atoms with E-state index in [4.69, 9.17) is 14.2 Å². The summed E-state index contributed by atoms with van der Waals surface area (Å²) < 4.78 is 46.5. The molecule has 4 fully saturated rings. The van der Waals surface area contributed by atoms with E-state index < -0.39 is 0 Å². The lowest BCUT2D eigenvalue weighted by atomic mass is 9.69. The molecule has 2 aromatic carbocycles. The van der Waals surface area contributed by atoms with Crippen molar-refractivity contribution in [2.24, 2.45) is 23.7 Å². The van der Waals surface area contributed by atoms with Gasteiger partial charge in [-0.25, -0.2) is 8.78 Å². The molecule has 0 spiro atoms. The van der Waals surface area contributed by atoms with Crippen LogP contribution in [0.5, 0.6) is 0 Å². The van der Waals surface area contributed by atoms with Crippen LogP contribution in [-0.4, -0.2) is 27.4 Å². The molecule has 0 saturated heterocycles. The van der Waals surface area contributed by atoms with Crippen LogP contribution in [0.2, 0.25) is 0 Å². The van der Waals surface area contributed by atoms with Gasteiger partial charge in [-0.1, -0.05) is 24.3 Å². The highest BCUT2D eigenvalue weighted by atomic mass is 19.1. The zero-order valence-electron chi connectivity index (χ0n) is 30.2. The highest BCUT2D eigenvalue weighted by molar-refractivity contribution is 5.29. The lowest BCUT2D eigenvalue weighted by molar-refractivity contribution is 0.139. The molecule has 0 aromatic heterocycles. The molecule has 6 rings (SSSR count). The minimum Gasteiger partial charge on any atom is -0.504 e. The van der Waals surface area contributed by atoms with Gasteiger partial charge in [-0.15, -0.1) is 0 Å². The van der Waals surface area contributed by atoms with Crippen molar-refractivity contribution in [1.29, 1.82) is 0 Å². The molecule has 0 N–H and O–H groups in total. The molecule has 0 aliphatic heterocycles. The molecule has 5 heteroatoms. The van der Waals surface area contributed by atoms with E-state index in [0.29, 0.717) is 49.0 Å². The summed E-state index contributed by atoms with van der Waals surface area (Å²) in [5, 5.41) is 0. The summed E-state index contributed by atoms with van der Waals surface area (Å²) in [6.45, 7) is 0.885. The normalized spacial score (nSPS) is 27.8. The van der Waals surface area contributed by atoms with Gasteiger partial charge in [-0.3, -0.25) is 0 Å². The number of allylic oxidation sites excluding steroid dienone is 2. The first kappa shape index (κ1) is 36.1. The number of hydrogen-bond acceptors (Lipinski definition) is 3. The fourth-order valence-electron chi connectivity index (χ4n) is 9.89. The van der Waals surface area contributed by atoms with E-state index in [2.05, 4.69) is 12.1 Å². The quantitative estimate of drug-likeness (QED) is 0.166. The minimum absolute atomic E-state index is 0.115. The molecular formula is C44H60F2O3. The Morgan fingerprint density at radius 1 is 0.531 bits per heavy atom. The van der Waals surface area contributed by atoms with Crippen LogP contribution >= 0.6 is 0 Å². The second kappa shape index (κ2) is 18.0. The first-order chi connectivity index (χ1) is 24.0. The smallest absolute Gasteiger partial charge is 0.126 e. The Labute approximate surface area is 294 Å². The predicted molar refractivity (Wildman–Crippen MR) is 195 cm³/mol. The summed E-state index contributed by atoms with van der Waals surface area (Å²) in [6.07, 6.45) is 24.5. The number of halogens is 2. The summed E-state index contributed by atoms with van der Waals surface area (Å²) >= 11 is 0. The van der Waals surface area contributed by atoms with Crippen LogP contribution in [0.3, 0.4) is 0 Å². The average Bonchev–Trinajstić information content (AvgIpc) is 3.14. The molecule has 2 aromatic rings. The first-order valence-electron chi connectivity index (χ1n) is 19.6. The van der Waals surface area contributed by atoms with Crippen LogP contribution < -0.4 is 0 Å². The number of rotatable bonds is 12. The van der Waals surface area contributed by atoms with Crippen LogP contribution in [0, 0.1) is 35.3 Å². The molecule has 4 aliphatic carbocycles. The van der Waals surface area contributed by atoms with E-state index in [0.717, 1.165) is 60.5 Å². The number of benzene rings is 2. The topological polar surface area (TPSA) is 27.7 Å². The predicted octanol–water partition coefficient (Wildman–Crippen LogP) is 11.8. The maximum atomic E-state index is 15.1. The molecule has 0 bridgehead atoms. The van der Waals surface area contributed by atoms with Crippen molar-refractivity contribution in [1.82, 2.24) is 0 Å². The van der Waals surface area contributed by atoms with Gasteiger partial charge in [0.15, 0.2) is 0 Å². The summed E-state index contributed by atoms with van der Waals surface area (Å²) in [6, 6.07) is 11.8. The molecule has 0 atom stereocenters. The number of ether oxygens (including phenoxy) is 3. The molecule has 3 nitrogen and oxygen atoms in total. The zero-order chi connectivity index (χ0) is 34.0.